The molecule has 2 aliphatic carbocycles. The molecular formula is C35H47N3O4Si. The Balaban J connectivity index is 1.45. The Labute approximate surface area is 257 Å². The lowest BCUT2D eigenvalue weighted by Gasteiger charge is -2.37. The Kier molecular flexibility index (Phi) is 9.28. The predicted molar refractivity (Wildman–Crippen MR) is 172 cm³/mol. The number of hydrogen-bond donors (Lipinski definition) is 1. The minimum absolute atomic E-state index is 0.0498. The summed E-state index contributed by atoms with van der Waals surface area (Å²) in [7, 11) is -1.97. The van der Waals surface area contributed by atoms with Crippen LogP contribution in [0.5, 0.6) is 11.6 Å². The third-order valence-electron chi connectivity index (χ3n) is 9.62. The van der Waals surface area contributed by atoms with Crippen molar-refractivity contribution in [3.8, 4) is 11.6 Å². The molecule has 0 saturated heterocycles. The average molecular weight is 602 g/mol. The van der Waals surface area contributed by atoms with Gasteiger partial charge in [0.1, 0.15) is 12.4 Å². The number of benzene rings is 2. The molecule has 1 aromatic heterocycles. The van der Waals surface area contributed by atoms with Crippen LogP contribution in [0.3, 0.4) is 0 Å². The molecule has 0 aliphatic heterocycles. The fourth-order valence-electron chi connectivity index (χ4n) is 5.87. The second kappa shape index (κ2) is 12.8. The Morgan fingerprint density at radius 3 is 2.23 bits per heavy atom. The van der Waals surface area contributed by atoms with Crippen LogP contribution in [0, 0.1) is 0 Å². The monoisotopic (exact) mass is 601 g/mol. The van der Waals surface area contributed by atoms with Crippen LogP contribution in [-0.2, 0) is 22.9 Å². The van der Waals surface area contributed by atoms with E-state index in [9.17, 15) is 9.90 Å². The Bertz CT molecular complexity index is 1380. The normalized spacial score (nSPS) is 16.7. The van der Waals surface area contributed by atoms with E-state index in [0.717, 1.165) is 44.1 Å². The highest BCUT2D eigenvalue weighted by atomic mass is 28.4. The van der Waals surface area contributed by atoms with E-state index in [-0.39, 0.29) is 46.3 Å². The van der Waals surface area contributed by atoms with E-state index in [1.54, 1.807) is 0 Å². The number of carbonyl (C=O) groups is 1. The van der Waals surface area contributed by atoms with Gasteiger partial charge in [0.25, 0.3) is 11.8 Å². The predicted octanol–water partition coefficient (Wildman–Crippen LogP) is 7.44. The van der Waals surface area contributed by atoms with Gasteiger partial charge in [0, 0.05) is 24.4 Å². The highest BCUT2D eigenvalue weighted by molar-refractivity contribution is 6.74. The van der Waals surface area contributed by atoms with Crippen molar-refractivity contribution in [2.45, 2.75) is 102 Å². The first kappa shape index (κ1) is 31.2. The maximum absolute atomic E-state index is 14.3. The van der Waals surface area contributed by atoms with E-state index in [4.69, 9.17) is 14.1 Å². The smallest absolute Gasteiger partial charge is 0.276 e. The molecule has 1 amide bonds. The maximum atomic E-state index is 14.3. The molecule has 3 aromatic rings. The van der Waals surface area contributed by atoms with E-state index in [1.165, 1.54) is 5.56 Å². The molecular weight excluding hydrogens is 554 g/mol. The first-order valence-electron chi connectivity index (χ1n) is 15.8. The van der Waals surface area contributed by atoms with Crippen LogP contribution in [0.4, 0.5) is 0 Å². The van der Waals surface area contributed by atoms with Gasteiger partial charge in [-0.05, 0) is 54.9 Å². The zero-order chi connectivity index (χ0) is 30.7. The van der Waals surface area contributed by atoms with Crippen molar-refractivity contribution in [2.75, 3.05) is 13.2 Å². The van der Waals surface area contributed by atoms with E-state index in [0.29, 0.717) is 25.4 Å². The highest BCUT2D eigenvalue weighted by Gasteiger charge is 2.41. The Morgan fingerprint density at radius 1 is 1.00 bits per heavy atom. The lowest BCUT2D eigenvalue weighted by molar-refractivity contribution is 0.0698. The Hall–Kier alpha value is -3.23. The summed E-state index contributed by atoms with van der Waals surface area (Å²) in [6, 6.07) is 20.4. The van der Waals surface area contributed by atoms with Crippen LogP contribution in [0.1, 0.15) is 86.7 Å². The van der Waals surface area contributed by atoms with Crippen molar-refractivity contribution in [1.29, 1.82) is 0 Å². The quantitative estimate of drug-likeness (QED) is 0.217. The first-order valence-corrected chi connectivity index (χ1v) is 18.7. The van der Waals surface area contributed by atoms with E-state index in [1.807, 2.05) is 41.3 Å². The minimum Gasteiger partial charge on any atom is -0.491 e. The van der Waals surface area contributed by atoms with Gasteiger partial charge in [-0.1, -0.05) is 94.3 Å². The van der Waals surface area contributed by atoms with Crippen molar-refractivity contribution in [3.05, 3.63) is 83.3 Å². The summed E-state index contributed by atoms with van der Waals surface area (Å²) < 4.78 is 12.6. The van der Waals surface area contributed by atoms with E-state index >= 15 is 0 Å². The number of carbonyl (C=O) groups excluding carboxylic acids is 1. The molecule has 2 fully saturated rings. The fourth-order valence-corrected chi connectivity index (χ4v) is 6.91. The molecule has 230 valence electrons. The molecule has 1 N–H and O–H groups in total. The fraction of sp³-hybridized carbons (Fsp3) is 0.514. The summed E-state index contributed by atoms with van der Waals surface area (Å²) in [5.41, 5.74) is 2.21. The standard InChI is InChI=1S/C35H47N3O4Si/c1-34(2,3)43(4,5)42-23-22-38(28-18-19-28)33(40)30-31(41-25-26-14-8-6-9-15-26)32(39)37-29(36-30)24-35(20-12-13-21-35)27-16-10-7-11-17-27/h6-11,14-17,28H,12-13,18-25H2,1-5H3,(H,36,37,39). The molecule has 0 atom stereocenters. The van der Waals surface area contributed by atoms with Gasteiger partial charge >= 0.3 is 0 Å². The summed E-state index contributed by atoms with van der Waals surface area (Å²) >= 11 is 0. The molecule has 2 aliphatic rings. The second-order valence-electron chi connectivity index (χ2n) is 13.8. The number of amides is 1. The zero-order valence-corrected chi connectivity index (χ0v) is 27.4. The number of ether oxygens (including phenoxy) is 1. The summed E-state index contributed by atoms with van der Waals surface area (Å²) in [4.78, 5) is 25.6. The zero-order valence-electron chi connectivity index (χ0n) is 26.4. The van der Waals surface area contributed by atoms with Crippen LogP contribution in [0.15, 0.2) is 60.7 Å². The van der Waals surface area contributed by atoms with Crippen molar-refractivity contribution in [1.82, 2.24) is 14.9 Å². The summed E-state index contributed by atoms with van der Waals surface area (Å²) in [5.74, 6) is 0.0166. The third kappa shape index (κ3) is 7.29. The Morgan fingerprint density at radius 2 is 1.63 bits per heavy atom. The average Bonchev–Trinajstić information content (AvgIpc) is 3.71. The van der Waals surface area contributed by atoms with Gasteiger partial charge < -0.3 is 19.2 Å². The van der Waals surface area contributed by atoms with Gasteiger partial charge in [0.05, 0.1) is 6.61 Å². The van der Waals surface area contributed by atoms with Gasteiger partial charge in [-0.2, -0.15) is 4.98 Å². The minimum atomic E-state index is -1.97. The molecule has 5 rings (SSSR count). The van der Waals surface area contributed by atoms with Gasteiger partial charge in [0.2, 0.25) is 5.75 Å². The second-order valence-corrected chi connectivity index (χ2v) is 18.6. The van der Waals surface area contributed by atoms with Crippen LogP contribution >= 0.6 is 0 Å². The molecule has 1 heterocycles. The van der Waals surface area contributed by atoms with Crippen molar-refractivity contribution < 1.29 is 19.1 Å². The number of aromatic hydroxyl groups is 1. The van der Waals surface area contributed by atoms with Crippen molar-refractivity contribution in [3.63, 3.8) is 0 Å². The van der Waals surface area contributed by atoms with Gasteiger partial charge in [-0.3, -0.25) is 4.79 Å². The van der Waals surface area contributed by atoms with Crippen LogP contribution in [-0.4, -0.2) is 53.4 Å². The lowest BCUT2D eigenvalue weighted by atomic mass is 9.76. The van der Waals surface area contributed by atoms with Crippen LogP contribution < -0.4 is 4.74 Å². The van der Waals surface area contributed by atoms with Gasteiger partial charge in [0.15, 0.2) is 14.0 Å². The molecule has 0 radical (unpaired) electrons. The molecule has 8 heteroatoms. The van der Waals surface area contributed by atoms with Crippen molar-refractivity contribution in [2.24, 2.45) is 0 Å². The van der Waals surface area contributed by atoms with Crippen molar-refractivity contribution >= 4 is 14.2 Å². The molecule has 43 heavy (non-hydrogen) atoms. The van der Waals surface area contributed by atoms with Gasteiger partial charge in [-0.25, -0.2) is 4.98 Å². The maximum Gasteiger partial charge on any atom is 0.276 e. The number of hydrogen-bond acceptors (Lipinski definition) is 6. The van der Waals surface area contributed by atoms with E-state index < -0.39 is 8.32 Å². The third-order valence-corrected chi connectivity index (χ3v) is 14.2. The topological polar surface area (TPSA) is 84.8 Å². The van der Waals surface area contributed by atoms with Crippen LogP contribution in [0.25, 0.3) is 0 Å². The SMILES string of the molecule is CC(C)(C)[Si](C)(C)OCCN(C(=O)c1nc(CC2(c3ccccc3)CCCC2)nc(O)c1OCc1ccccc1)C1CC1. The largest absolute Gasteiger partial charge is 0.491 e. The first-order chi connectivity index (χ1) is 20.5. The number of nitrogens with zero attached hydrogens (tertiary/aromatic N) is 3. The van der Waals surface area contributed by atoms with Gasteiger partial charge in [-0.15, -0.1) is 0 Å². The molecule has 0 bridgehead atoms. The number of rotatable bonds is 12. The van der Waals surface area contributed by atoms with E-state index in [2.05, 4.69) is 63.1 Å². The molecule has 2 saturated carbocycles. The molecule has 2 aromatic carbocycles. The highest BCUT2D eigenvalue weighted by Crippen LogP contribution is 2.44. The number of aromatic nitrogens is 2. The summed E-state index contributed by atoms with van der Waals surface area (Å²) in [5, 5.41) is 11.4. The molecule has 0 unspecified atom stereocenters. The lowest BCUT2D eigenvalue weighted by Crippen LogP contribution is -2.44. The summed E-state index contributed by atoms with van der Waals surface area (Å²) in [6.07, 6.45) is 6.77. The molecule has 0 spiro atoms. The van der Waals surface area contributed by atoms with Crippen LogP contribution in [0.2, 0.25) is 18.1 Å². The summed E-state index contributed by atoms with van der Waals surface area (Å²) in [6.45, 7) is 12.3. The molecule has 7 nitrogen and oxygen atoms in total.